The van der Waals surface area contributed by atoms with Crippen molar-refractivity contribution in [3.8, 4) is 5.69 Å². The number of nitrogens with two attached hydrogens (primary N) is 1. The van der Waals surface area contributed by atoms with Crippen LogP contribution in [0.3, 0.4) is 0 Å². The summed E-state index contributed by atoms with van der Waals surface area (Å²) in [6.07, 6.45) is 3.43. The van der Waals surface area contributed by atoms with Crippen molar-refractivity contribution in [1.29, 1.82) is 0 Å². The number of amides is 1. The normalized spacial score (nSPS) is 18.1. The lowest BCUT2D eigenvalue weighted by atomic mass is 10.1. The molecule has 1 unspecified atom stereocenters. The molecule has 1 aromatic carbocycles. The van der Waals surface area contributed by atoms with Gasteiger partial charge in [0.05, 0.1) is 11.9 Å². The van der Waals surface area contributed by atoms with Gasteiger partial charge in [0, 0.05) is 19.1 Å². The molecule has 1 aliphatic rings. The Kier molecular flexibility index (Phi) is 4.93. The summed E-state index contributed by atoms with van der Waals surface area (Å²) in [5.74, 6) is -0.0951. The number of hydrogen-bond donors (Lipinski definition) is 1. The predicted octanol–water partition coefficient (Wildman–Crippen LogP) is 1.25. The quantitative estimate of drug-likeness (QED) is 0.906. The van der Waals surface area contributed by atoms with Crippen LogP contribution in [0.25, 0.3) is 5.69 Å². The molecule has 0 aliphatic carbocycles. The number of nitrogens with zero attached hydrogens (tertiary/aromatic N) is 4. The van der Waals surface area contributed by atoms with Crippen LogP contribution in [0, 0.1) is 0 Å². The van der Waals surface area contributed by atoms with E-state index in [9.17, 15) is 4.79 Å². The van der Waals surface area contributed by atoms with Gasteiger partial charge in [0.25, 0.3) is 5.91 Å². The Bertz CT molecular complexity index is 600. The van der Waals surface area contributed by atoms with Gasteiger partial charge in [-0.15, -0.1) is 17.5 Å². The fraction of sp³-hybridized carbons (Fsp3) is 0.357. The molecule has 0 bridgehead atoms. The van der Waals surface area contributed by atoms with E-state index in [1.54, 1.807) is 4.90 Å². The second kappa shape index (κ2) is 6.69. The molecule has 2 aromatic rings. The molecule has 1 atom stereocenters. The smallest absolute Gasteiger partial charge is 0.276 e. The molecule has 3 rings (SSSR count). The van der Waals surface area contributed by atoms with E-state index in [1.165, 1.54) is 11.0 Å². The summed E-state index contributed by atoms with van der Waals surface area (Å²) < 4.78 is 0. The predicted molar refractivity (Wildman–Crippen MR) is 81.7 cm³/mol. The Balaban J connectivity index is 0.00000161. The zero-order valence-electron chi connectivity index (χ0n) is 11.6. The Morgan fingerprint density at radius 1 is 1.29 bits per heavy atom. The summed E-state index contributed by atoms with van der Waals surface area (Å²) in [5.41, 5.74) is 7.10. The fourth-order valence-corrected chi connectivity index (χ4v) is 2.40. The molecular weight excluding hydrogens is 290 g/mol. The standard InChI is InChI=1S/C14H17N5O.ClH/c15-11-5-4-8-18(10-11)14(20)13-9-16-19(17-13)12-6-2-1-3-7-12;/h1-3,6-7,9,11H,4-5,8,10,15H2;1H. The summed E-state index contributed by atoms with van der Waals surface area (Å²) in [5, 5.41) is 8.40. The summed E-state index contributed by atoms with van der Waals surface area (Å²) >= 11 is 0. The molecule has 2 heterocycles. The maximum atomic E-state index is 12.3. The Hall–Kier alpha value is -1.92. The van der Waals surface area contributed by atoms with E-state index in [1.807, 2.05) is 30.3 Å². The minimum Gasteiger partial charge on any atom is -0.336 e. The third-order valence-electron chi connectivity index (χ3n) is 3.44. The van der Waals surface area contributed by atoms with Crippen molar-refractivity contribution in [3.63, 3.8) is 0 Å². The molecule has 6 nitrogen and oxygen atoms in total. The van der Waals surface area contributed by atoms with Gasteiger partial charge in [-0.25, -0.2) is 0 Å². The maximum absolute atomic E-state index is 12.3. The van der Waals surface area contributed by atoms with Gasteiger partial charge < -0.3 is 10.6 Å². The highest BCUT2D eigenvalue weighted by Gasteiger charge is 2.24. The monoisotopic (exact) mass is 307 g/mol. The average molecular weight is 308 g/mol. The van der Waals surface area contributed by atoms with Crippen LogP contribution in [0.4, 0.5) is 0 Å². The van der Waals surface area contributed by atoms with Crippen LogP contribution in [0.5, 0.6) is 0 Å². The minimum atomic E-state index is -0.0951. The second-order valence-corrected chi connectivity index (χ2v) is 5.01. The molecule has 21 heavy (non-hydrogen) atoms. The van der Waals surface area contributed by atoms with E-state index in [0.29, 0.717) is 12.2 Å². The van der Waals surface area contributed by atoms with Gasteiger partial charge in [-0.05, 0) is 25.0 Å². The van der Waals surface area contributed by atoms with Crippen LogP contribution in [-0.4, -0.2) is 44.9 Å². The molecule has 1 aliphatic heterocycles. The van der Waals surface area contributed by atoms with Crippen molar-refractivity contribution in [2.75, 3.05) is 13.1 Å². The lowest BCUT2D eigenvalue weighted by Gasteiger charge is -2.30. The Labute approximate surface area is 129 Å². The Morgan fingerprint density at radius 2 is 2.05 bits per heavy atom. The SMILES string of the molecule is Cl.NC1CCCN(C(=O)c2cnn(-c3ccccc3)n2)C1. The minimum absolute atomic E-state index is 0. The number of para-hydroxylation sites is 1. The first-order valence-electron chi connectivity index (χ1n) is 6.76. The average Bonchev–Trinajstić information content (AvgIpc) is 2.97. The molecule has 1 amide bonds. The number of rotatable bonds is 2. The third kappa shape index (κ3) is 3.40. The molecule has 0 spiro atoms. The zero-order chi connectivity index (χ0) is 13.9. The lowest BCUT2D eigenvalue weighted by Crippen LogP contribution is -2.45. The van der Waals surface area contributed by atoms with Crippen molar-refractivity contribution in [2.45, 2.75) is 18.9 Å². The van der Waals surface area contributed by atoms with Crippen LogP contribution in [0.2, 0.25) is 0 Å². The summed E-state index contributed by atoms with van der Waals surface area (Å²) in [6.45, 7) is 1.34. The highest BCUT2D eigenvalue weighted by molar-refractivity contribution is 5.92. The molecule has 1 aromatic heterocycles. The van der Waals surface area contributed by atoms with E-state index < -0.39 is 0 Å². The number of benzene rings is 1. The number of piperidine rings is 1. The van der Waals surface area contributed by atoms with Gasteiger partial charge in [0.15, 0.2) is 5.69 Å². The van der Waals surface area contributed by atoms with Crippen molar-refractivity contribution in [3.05, 3.63) is 42.2 Å². The largest absolute Gasteiger partial charge is 0.336 e. The molecular formula is C14H18ClN5O. The summed E-state index contributed by atoms with van der Waals surface area (Å²) in [7, 11) is 0. The van der Waals surface area contributed by atoms with Gasteiger partial charge in [0.1, 0.15) is 0 Å². The van der Waals surface area contributed by atoms with Crippen LogP contribution in [0.15, 0.2) is 36.5 Å². The van der Waals surface area contributed by atoms with Crippen LogP contribution in [0.1, 0.15) is 23.3 Å². The molecule has 0 radical (unpaired) electrons. The van der Waals surface area contributed by atoms with Crippen molar-refractivity contribution >= 4 is 18.3 Å². The molecule has 0 saturated carbocycles. The number of carbonyl (C=O) groups is 1. The van der Waals surface area contributed by atoms with E-state index in [-0.39, 0.29) is 24.4 Å². The molecule has 1 fully saturated rings. The first-order chi connectivity index (χ1) is 9.74. The van der Waals surface area contributed by atoms with E-state index in [4.69, 9.17) is 5.73 Å². The van der Waals surface area contributed by atoms with E-state index in [0.717, 1.165) is 25.1 Å². The van der Waals surface area contributed by atoms with Crippen LogP contribution in [-0.2, 0) is 0 Å². The first-order valence-corrected chi connectivity index (χ1v) is 6.76. The lowest BCUT2D eigenvalue weighted by molar-refractivity contribution is 0.0702. The molecule has 7 heteroatoms. The van der Waals surface area contributed by atoms with Crippen molar-refractivity contribution < 1.29 is 4.79 Å². The fourth-order valence-electron chi connectivity index (χ4n) is 2.40. The van der Waals surface area contributed by atoms with Crippen molar-refractivity contribution in [1.82, 2.24) is 19.9 Å². The van der Waals surface area contributed by atoms with Gasteiger partial charge in [-0.2, -0.15) is 9.90 Å². The zero-order valence-corrected chi connectivity index (χ0v) is 12.4. The first kappa shape index (κ1) is 15.5. The van der Waals surface area contributed by atoms with E-state index in [2.05, 4.69) is 10.2 Å². The third-order valence-corrected chi connectivity index (χ3v) is 3.44. The summed E-state index contributed by atoms with van der Waals surface area (Å²) in [4.78, 5) is 15.6. The van der Waals surface area contributed by atoms with E-state index >= 15 is 0 Å². The van der Waals surface area contributed by atoms with Crippen molar-refractivity contribution in [2.24, 2.45) is 5.73 Å². The van der Waals surface area contributed by atoms with Crippen LogP contribution >= 0.6 is 12.4 Å². The Morgan fingerprint density at radius 3 is 2.76 bits per heavy atom. The number of halogens is 1. The number of aromatic nitrogens is 3. The van der Waals surface area contributed by atoms with Gasteiger partial charge >= 0.3 is 0 Å². The summed E-state index contributed by atoms with van der Waals surface area (Å²) in [6, 6.07) is 9.59. The van der Waals surface area contributed by atoms with Gasteiger partial charge in [0.2, 0.25) is 0 Å². The maximum Gasteiger partial charge on any atom is 0.276 e. The second-order valence-electron chi connectivity index (χ2n) is 5.01. The van der Waals surface area contributed by atoms with Gasteiger partial charge in [-0.1, -0.05) is 18.2 Å². The topological polar surface area (TPSA) is 77.0 Å². The molecule has 2 N–H and O–H groups in total. The van der Waals surface area contributed by atoms with Crippen LogP contribution < -0.4 is 5.73 Å². The number of carbonyl (C=O) groups excluding carboxylic acids is 1. The number of likely N-dealkylation sites (tertiary alicyclic amines) is 1. The van der Waals surface area contributed by atoms with Gasteiger partial charge in [-0.3, -0.25) is 4.79 Å². The number of hydrogen-bond acceptors (Lipinski definition) is 4. The molecule has 112 valence electrons. The molecule has 1 saturated heterocycles. The highest BCUT2D eigenvalue weighted by Crippen LogP contribution is 2.12. The highest BCUT2D eigenvalue weighted by atomic mass is 35.5.